The largest absolute Gasteiger partial charge is 0.366 e. The first-order chi connectivity index (χ1) is 11.8. The van der Waals surface area contributed by atoms with Gasteiger partial charge in [-0.1, -0.05) is 54.1 Å². The summed E-state index contributed by atoms with van der Waals surface area (Å²) < 4.78 is 0. The molecule has 0 aliphatic rings. The molecule has 122 valence electrons. The summed E-state index contributed by atoms with van der Waals surface area (Å²) in [5.74, 6) is 1.43. The molecule has 0 bridgehead atoms. The molecule has 0 unspecified atom stereocenters. The molecule has 1 aromatic heterocycles. The molecule has 2 N–H and O–H groups in total. The average Bonchev–Trinajstić information content (AvgIpc) is 2.63. The van der Waals surface area contributed by atoms with Gasteiger partial charge in [-0.2, -0.15) is 4.98 Å². The first-order valence-corrected chi connectivity index (χ1v) is 8.26. The molecule has 1 heterocycles. The molecule has 4 nitrogen and oxygen atoms in total. The Kier molecular flexibility index (Phi) is 5.64. The molecule has 0 radical (unpaired) electrons. The first kappa shape index (κ1) is 16.3. The Morgan fingerprint density at radius 2 is 1.62 bits per heavy atom. The molecular weight excluding hydrogens is 320 g/mol. The van der Waals surface area contributed by atoms with Crippen LogP contribution in [-0.2, 0) is 13.0 Å². The highest BCUT2D eigenvalue weighted by molar-refractivity contribution is 6.30. The van der Waals surface area contributed by atoms with Crippen molar-refractivity contribution in [1.82, 2.24) is 9.97 Å². The van der Waals surface area contributed by atoms with Gasteiger partial charge in [0, 0.05) is 24.3 Å². The van der Waals surface area contributed by atoms with Crippen LogP contribution in [0.4, 0.5) is 11.8 Å². The number of benzene rings is 2. The van der Waals surface area contributed by atoms with Crippen LogP contribution in [0.3, 0.4) is 0 Å². The topological polar surface area (TPSA) is 49.8 Å². The van der Waals surface area contributed by atoms with Gasteiger partial charge in [0.2, 0.25) is 5.95 Å². The molecule has 0 aliphatic heterocycles. The molecule has 0 fully saturated rings. The SMILES string of the molecule is Clc1ccc(CNc2ccnc(NCCc3ccccc3)n2)cc1. The van der Waals surface area contributed by atoms with Crippen molar-refractivity contribution in [2.24, 2.45) is 0 Å². The summed E-state index contributed by atoms with van der Waals surface area (Å²) in [6.07, 6.45) is 2.69. The van der Waals surface area contributed by atoms with Crippen LogP contribution in [0.1, 0.15) is 11.1 Å². The minimum atomic E-state index is 0.632. The van der Waals surface area contributed by atoms with E-state index in [1.165, 1.54) is 5.56 Å². The summed E-state index contributed by atoms with van der Waals surface area (Å²) in [5, 5.41) is 7.30. The number of hydrogen-bond acceptors (Lipinski definition) is 4. The fourth-order valence-electron chi connectivity index (χ4n) is 2.30. The zero-order valence-corrected chi connectivity index (χ0v) is 14.0. The number of hydrogen-bond donors (Lipinski definition) is 2. The Morgan fingerprint density at radius 1 is 0.833 bits per heavy atom. The van der Waals surface area contributed by atoms with Crippen LogP contribution >= 0.6 is 11.6 Å². The van der Waals surface area contributed by atoms with E-state index < -0.39 is 0 Å². The molecule has 0 aliphatic carbocycles. The molecule has 0 saturated carbocycles. The summed E-state index contributed by atoms with van der Waals surface area (Å²) in [5.41, 5.74) is 2.44. The van der Waals surface area contributed by atoms with Crippen LogP contribution in [0.15, 0.2) is 66.9 Å². The minimum absolute atomic E-state index is 0.632. The van der Waals surface area contributed by atoms with Crippen molar-refractivity contribution in [3.63, 3.8) is 0 Å². The zero-order valence-electron chi connectivity index (χ0n) is 13.2. The third-order valence-corrected chi connectivity index (χ3v) is 3.83. The van der Waals surface area contributed by atoms with Gasteiger partial charge in [-0.15, -0.1) is 0 Å². The van der Waals surface area contributed by atoms with E-state index in [-0.39, 0.29) is 0 Å². The number of anilines is 2. The van der Waals surface area contributed by atoms with Crippen LogP contribution in [0.2, 0.25) is 5.02 Å². The fraction of sp³-hybridized carbons (Fsp3) is 0.158. The Balaban J connectivity index is 1.51. The van der Waals surface area contributed by atoms with Crippen LogP contribution in [0, 0.1) is 0 Å². The Hall–Kier alpha value is -2.59. The number of nitrogens with one attached hydrogen (secondary N) is 2. The van der Waals surface area contributed by atoms with Gasteiger partial charge in [-0.05, 0) is 35.7 Å². The maximum atomic E-state index is 5.89. The van der Waals surface area contributed by atoms with Crippen molar-refractivity contribution in [2.45, 2.75) is 13.0 Å². The van der Waals surface area contributed by atoms with Gasteiger partial charge in [-0.25, -0.2) is 4.98 Å². The molecule has 0 saturated heterocycles. The average molecular weight is 339 g/mol. The van der Waals surface area contributed by atoms with E-state index in [4.69, 9.17) is 11.6 Å². The van der Waals surface area contributed by atoms with Gasteiger partial charge in [0.15, 0.2) is 0 Å². The zero-order chi connectivity index (χ0) is 16.6. The normalized spacial score (nSPS) is 10.4. The Morgan fingerprint density at radius 3 is 2.42 bits per heavy atom. The van der Waals surface area contributed by atoms with Crippen molar-refractivity contribution < 1.29 is 0 Å². The maximum Gasteiger partial charge on any atom is 0.224 e. The van der Waals surface area contributed by atoms with Crippen LogP contribution < -0.4 is 10.6 Å². The summed E-state index contributed by atoms with van der Waals surface area (Å²) in [7, 11) is 0. The van der Waals surface area contributed by atoms with Gasteiger partial charge in [0.25, 0.3) is 0 Å². The predicted molar refractivity (Wildman–Crippen MR) is 99.4 cm³/mol. The highest BCUT2D eigenvalue weighted by Crippen LogP contribution is 2.12. The van der Waals surface area contributed by atoms with Crippen molar-refractivity contribution in [2.75, 3.05) is 17.2 Å². The van der Waals surface area contributed by atoms with E-state index in [1.54, 1.807) is 6.20 Å². The van der Waals surface area contributed by atoms with E-state index >= 15 is 0 Å². The lowest BCUT2D eigenvalue weighted by Crippen LogP contribution is -2.09. The second-order valence-corrected chi connectivity index (χ2v) is 5.84. The monoisotopic (exact) mass is 338 g/mol. The predicted octanol–water partition coefficient (Wildman–Crippen LogP) is 4.40. The van der Waals surface area contributed by atoms with Crippen molar-refractivity contribution in [3.05, 3.63) is 83.0 Å². The maximum absolute atomic E-state index is 5.89. The fourth-order valence-corrected chi connectivity index (χ4v) is 2.43. The molecule has 0 amide bonds. The van der Waals surface area contributed by atoms with Gasteiger partial charge in [0.1, 0.15) is 5.82 Å². The quantitative estimate of drug-likeness (QED) is 0.670. The Labute approximate surface area is 146 Å². The molecule has 3 rings (SSSR count). The summed E-state index contributed by atoms with van der Waals surface area (Å²) in [6, 6.07) is 20.0. The number of aromatic nitrogens is 2. The van der Waals surface area contributed by atoms with E-state index in [0.717, 1.165) is 29.4 Å². The van der Waals surface area contributed by atoms with Crippen molar-refractivity contribution >= 4 is 23.4 Å². The third-order valence-electron chi connectivity index (χ3n) is 3.58. The summed E-state index contributed by atoms with van der Waals surface area (Å²) in [4.78, 5) is 8.73. The van der Waals surface area contributed by atoms with E-state index in [0.29, 0.717) is 12.5 Å². The highest BCUT2D eigenvalue weighted by Gasteiger charge is 2.00. The first-order valence-electron chi connectivity index (χ1n) is 7.89. The molecule has 0 spiro atoms. The van der Waals surface area contributed by atoms with Gasteiger partial charge < -0.3 is 10.6 Å². The number of halogens is 1. The van der Waals surface area contributed by atoms with E-state index in [2.05, 4.69) is 32.7 Å². The third kappa shape index (κ3) is 4.96. The molecule has 24 heavy (non-hydrogen) atoms. The second-order valence-electron chi connectivity index (χ2n) is 5.41. The summed E-state index contributed by atoms with van der Waals surface area (Å²) >= 11 is 5.89. The summed E-state index contributed by atoms with van der Waals surface area (Å²) in [6.45, 7) is 1.49. The van der Waals surface area contributed by atoms with E-state index in [9.17, 15) is 0 Å². The lowest BCUT2D eigenvalue weighted by molar-refractivity contribution is 0.980. The van der Waals surface area contributed by atoms with Gasteiger partial charge >= 0.3 is 0 Å². The second kappa shape index (κ2) is 8.31. The van der Waals surface area contributed by atoms with Gasteiger partial charge in [-0.3, -0.25) is 0 Å². The van der Waals surface area contributed by atoms with Crippen LogP contribution in [0.5, 0.6) is 0 Å². The van der Waals surface area contributed by atoms with Crippen molar-refractivity contribution in [1.29, 1.82) is 0 Å². The molecule has 0 atom stereocenters. The lowest BCUT2D eigenvalue weighted by atomic mass is 10.1. The van der Waals surface area contributed by atoms with Crippen LogP contribution in [0.25, 0.3) is 0 Å². The molecule has 3 aromatic rings. The Bertz CT molecular complexity index is 760. The molecular formula is C19H19ClN4. The number of rotatable bonds is 7. The van der Waals surface area contributed by atoms with E-state index in [1.807, 2.05) is 48.5 Å². The van der Waals surface area contributed by atoms with Crippen molar-refractivity contribution in [3.8, 4) is 0 Å². The number of nitrogens with zero attached hydrogens (tertiary/aromatic N) is 2. The van der Waals surface area contributed by atoms with Gasteiger partial charge in [0.05, 0.1) is 0 Å². The minimum Gasteiger partial charge on any atom is -0.366 e. The standard InChI is InChI=1S/C19H19ClN4/c20-17-8-6-16(7-9-17)14-23-18-11-13-22-19(24-18)21-12-10-15-4-2-1-3-5-15/h1-9,11,13H,10,12,14H2,(H2,21,22,23,24). The van der Waals surface area contributed by atoms with Crippen LogP contribution in [-0.4, -0.2) is 16.5 Å². The molecule has 5 heteroatoms. The lowest BCUT2D eigenvalue weighted by Gasteiger charge is -2.08. The smallest absolute Gasteiger partial charge is 0.224 e. The molecule has 2 aromatic carbocycles. The highest BCUT2D eigenvalue weighted by atomic mass is 35.5.